The average molecular weight is 281 g/mol. The van der Waals surface area contributed by atoms with Gasteiger partial charge in [0.05, 0.1) is 13.1 Å². The van der Waals surface area contributed by atoms with Crippen molar-refractivity contribution in [1.29, 1.82) is 0 Å². The molecule has 0 aliphatic carbocycles. The Labute approximate surface area is 118 Å². The highest BCUT2D eigenvalue weighted by molar-refractivity contribution is 5.75. The molecule has 7 nitrogen and oxygen atoms in total. The fourth-order valence-electron chi connectivity index (χ4n) is 2.54. The van der Waals surface area contributed by atoms with Gasteiger partial charge in [-0.25, -0.2) is 0 Å². The summed E-state index contributed by atoms with van der Waals surface area (Å²) in [5.41, 5.74) is 5.34. The minimum absolute atomic E-state index is 0.232. The van der Waals surface area contributed by atoms with E-state index in [2.05, 4.69) is 22.4 Å². The van der Waals surface area contributed by atoms with E-state index in [-0.39, 0.29) is 12.5 Å². The quantitative estimate of drug-likeness (QED) is 0.733. The summed E-state index contributed by atoms with van der Waals surface area (Å²) >= 11 is 0. The van der Waals surface area contributed by atoms with Gasteiger partial charge in [-0.1, -0.05) is 12.1 Å². The van der Waals surface area contributed by atoms with Gasteiger partial charge < -0.3 is 15.6 Å². The normalized spacial score (nSPS) is 16.7. The summed E-state index contributed by atoms with van der Waals surface area (Å²) < 4.78 is 5.25. The Morgan fingerprint density at radius 1 is 1.50 bits per heavy atom. The Kier molecular flexibility index (Phi) is 5.49. The van der Waals surface area contributed by atoms with Gasteiger partial charge in [0.15, 0.2) is 5.82 Å². The van der Waals surface area contributed by atoms with E-state index in [0.717, 1.165) is 44.6 Å². The second-order valence-corrected chi connectivity index (χ2v) is 5.21. The fourth-order valence-corrected chi connectivity index (χ4v) is 2.54. The van der Waals surface area contributed by atoms with Crippen molar-refractivity contribution in [2.45, 2.75) is 45.2 Å². The maximum Gasteiger partial charge on any atom is 0.240 e. The van der Waals surface area contributed by atoms with Crippen LogP contribution in [-0.4, -0.2) is 46.6 Å². The van der Waals surface area contributed by atoms with Gasteiger partial charge in [-0.15, -0.1) is 0 Å². The Morgan fingerprint density at radius 3 is 2.90 bits per heavy atom. The van der Waals surface area contributed by atoms with E-state index in [9.17, 15) is 4.79 Å². The van der Waals surface area contributed by atoms with Crippen LogP contribution in [0.1, 0.15) is 37.9 Å². The molecule has 0 saturated carbocycles. The second kappa shape index (κ2) is 7.35. The summed E-state index contributed by atoms with van der Waals surface area (Å²) in [6.45, 7) is 4.72. The van der Waals surface area contributed by atoms with Crippen molar-refractivity contribution >= 4 is 5.91 Å². The first kappa shape index (κ1) is 14.9. The average Bonchev–Trinajstić information content (AvgIpc) is 2.86. The zero-order valence-electron chi connectivity index (χ0n) is 12.0. The minimum atomic E-state index is -0.322. The molecule has 0 aromatic carbocycles. The summed E-state index contributed by atoms with van der Waals surface area (Å²) in [6, 6.07) is 0.338. The van der Waals surface area contributed by atoms with Crippen LogP contribution in [-0.2, 0) is 17.8 Å². The first-order chi connectivity index (χ1) is 9.69. The molecule has 1 fully saturated rings. The summed E-state index contributed by atoms with van der Waals surface area (Å²) in [5.74, 6) is 0.969. The SMILES string of the molecule is CCCc1noc(CN(CC(N)=O)C2CCNCC2)n1. The van der Waals surface area contributed by atoms with Gasteiger partial charge in [-0.2, -0.15) is 4.98 Å². The maximum absolute atomic E-state index is 11.2. The predicted octanol–water partition coefficient (Wildman–Crippen LogP) is 0.0614. The maximum atomic E-state index is 11.2. The van der Waals surface area contributed by atoms with Crippen molar-refractivity contribution in [1.82, 2.24) is 20.4 Å². The van der Waals surface area contributed by atoms with Crippen molar-refractivity contribution in [2.24, 2.45) is 5.73 Å². The first-order valence-corrected chi connectivity index (χ1v) is 7.23. The summed E-state index contributed by atoms with van der Waals surface area (Å²) in [6.07, 6.45) is 3.80. The molecule has 1 amide bonds. The monoisotopic (exact) mass is 281 g/mol. The molecule has 0 bridgehead atoms. The van der Waals surface area contributed by atoms with Crippen LogP contribution in [0.15, 0.2) is 4.52 Å². The number of carbonyl (C=O) groups is 1. The summed E-state index contributed by atoms with van der Waals surface area (Å²) in [5, 5.41) is 7.26. The van der Waals surface area contributed by atoms with Crippen LogP contribution in [0.5, 0.6) is 0 Å². The Hall–Kier alpha value is -1.47. The molecule has 1 aromatic heterocycles. The third-order valence-electron chi connectivity index (χ3n) is 3.51. The molecule has 2 heterocycles. The molecule has 20 heavy (non-hydrogen) atoms. The number of aryl methyl sites for hydroxylation is 1. The smallest absolute Gasteiger partial charge is 0.240 e. The molecule has 2 rings (SSSR count). The van der Waals surface area contributed by atoms with Gasteiger partial charge in [0, 0.05) is 12.5 Å². The van der Waals surface area contributed by atoms with Crippen LogP contribution in [0.2, 0.25) is 0 Å². The Bertz CT molecular complexity index is 428. The number of piperidine rings is 1. The molecule has 1 saturated heterocycles. The van der Waals surface area contributed by atoms with Gasteiger partial charge >= 0.3 is 0 Å². The van der Waals surface area contributed by atoms with Gasteiger partial charge in [0.25, 0.3) is 0 Å². The lowest BCUT2D eigenvalue weighted by atomic mass is 10.0. The van der Waals surface area contributed by atoms with E-state index in [0.29, 0.717) is 18.5 Å². The molecule has 1 aromatic rings. The van der Waals surface area contributed by atoms with Crippen LogP contribution in [0.25, 0.3) is 0 Å². The molecular weight excluding hydrogens is 258 g/mol. The lowest BCUT2D eigenvalue weighted by Crippen LogP contribution is -2.46. The van der Waals surface area contributed by atoms with Crippen molar-refractivity contribution in [3.8, 4) is 0 Å². The molecular formula is C13H23N5O2. The lowest BCUT2D eigenvalue weighted by molar-refractivity contribution is -0.120. The highest BCUT2D eigenvalue weighted by atomic mass is 16.5. The lowest BCUT2D eigenvalue weighted by Gasteiger charge is -2.32. The molecule has 0 unspecified atom stereocenters. The molecule has 7 heteroatoms. The van der Waals surface area contributed by atoms with Gasteiger partial charge in [0.2, 0.25) is 11.8 Å². The van der Waals surface area contributed by atoms with Crippen molar-refractivity contribution in [3.63, 3.8) is 0 Å². The number of nitrogens with one attached hydrogen (secondary N) is 1. The minimum Gasteiger partial charge on any atom is -0.369 e. The van der Waals surface area contributed by atoms with E-state index >= 15 is 0 Å². The van der Waals surface area contributed by atoms with E-state index in [1.165, 1.54) is 0 Å². The Morgan fingerprint density at radius 2 is 2.25 bits per heavy atom. The molecule has 0 spiro atoms. The molecule has 112 valence electrons. The fraction of sp³-hybridized carbons (Fsp3) is 0.769. The van der Waals surface area contributed by atoms with Crippen LogP contribution < -0.4 is 11.1 Å². The zero-order valence-corrected chi connectivity index (χ0v) is 12.0. The number of primary amides is 1. The summed E-state index contributed by atoms with van der Waals surface area (Å²) in [4.78, 5) is 17.7. The van der Waals surface area contributed by atoms with E-state index in [1.807, 2.05) is 4.90 Å². The number of nitrogens with two attached hydrogens (primary N) is 1. The molecule has 1 aliphatic heterocycles. The zero-order chi connectivity index (χ0) is 14.4. The topological polar surface area (TPSA) is 97.3 Å². The number of hydrogen-bond acceptors (Lipinski definition) is 6. The van der Waals surface area contributed by atoms with Crippen LogP contribution in [0.3, 0.4) is 0 Å². The second-order valence-electron chi connectivity index (χ2n) is 5.21. The molecule has 0 radical (unpaired) electrons. The van der Waals surface area contributed by atoms with Crippen molar-refractivity contribution < 1.29 is 9.32 Å². The van der Waals surface area contributed by atoms with E-state index in [1.54, 1.807) is 0 Å². The summed E-state index contributed by atoms with van der Waals surface area (Å²) in [7, 11) is 0. The number of amides is 1. The highest BCUT2D eigenvalue weighted by Crippen LogP contribution is 2.15. The molecule has 1 aliphatic rings. The number of rotatable bonds is 7. The van der Waals surface area contributed by atoms with Crippen molar-refractivity contribution in [3.05, 3.63) is 11.7 Å². The third kappa shape index (κ3) is 4.28. The van der Waals surface area contributed by atoms with Gasteiger partial charge in [-0.3, -0.25) is 9.69 Å². The van der Waals surface area contributed by atoms with Crippen LogP contribution >= 0.6 is 0 Å². The largest absolute Gasteiger partial charge is 0.369 e. The third-order valence-corrected chi connectivity index (χ3v) is 3.51. The predicted molar refractivity (Wildman–Crippen MR) is 73.8 cm³/mol. The standard InChI is InChI=1S/C13H23N5O2/c1-2-3-12-16-13(20-17-12)9-18(8-11(14)19)10-4-6-15-7-5-10/h10,15H,2-9H2,1H3,(H2,14,19). The number of hydrogen-bond donors (Lipinski definition) is 2. The Balaban J connectivity index is 1.99. The van der Waals surface area contributed by atoms with E-state index < -0.39 is 0 Å². The number of nitrogens with zero attached hydrogens (tertiary/aromatic N) is 3. The molecule has 0 atom stereocenters. The van der Waals surface area contributed by atoms with E-state index in [4.69, 9.17) is 10.3 Å². The van der Waals surface area contributed by atoms with Gasteiger partial charge in [-0.05, 0) is 32.4 Å². The number of carbonyl (C=O) groups excluding carboxylic acids is 1. The van der Waals surface area contributed by atoms with Crippen LogP contribution in [0, 0.1) is 0 Å². The number of aromatic nitrogens is 2. The first-order valence-electron chi connectivity index (χ1n) is 7.23. The van der Waals surface area contributed by atoms with Crippen LogP contribution in [0.4, 0.5) is 0 Å². The highest BCUT2D eigenvalue weighted by Gasteiger charge is 2.24. The van der Waals surface area contributed by atoms with Crippen molar-refractivity contribution in [2.75, 3.05) is 19.6 Å². The van der Waals surface area contributed by atoms with Gasteiger partial charge in [0.1, 0.15) is 0 Å². The molecule has 3 N–H and O–H groups in total.